The molecule has 4 rings (SSSR count). The summed E-state index contributed by atoms with van der Waals surface area (Å²) in [5, 5.41) is 0. The Labute approximate surface area is 180 Å². The summed E-state index contributed by atoms with van der Waals surface area (Å²) < 4.78 is 0. The van der Waals surface area contributed by atoms with Crippen LogP contribution in [0.4, 0.5) is 0 Å². The van der Waals surface area contributed by atoms with E-state index in [-0.39, 0.29) is 5.41 Å². The van der Waals surface area contributed by atoms with Gasteiger partial charge in [-0.05, 0) is 87.5 Å². The molecule has 6 atom stereocenters. The first-order chi connectivity index (χ1) is 13.5. The second kappa shape index (κ2) is 7.93. The zero-order chi connectivity index (χ0) is 21.6. The predicted molar refractivity (Wildman–Crippen MR) is 129 cm³/mol. The second-order valence-electron chi connectivity index (χ2n) is 10.8. The van der Waals surface area contributed by atoms with Gasteiger partial charge in [-0.15, -0.1) is 6.58 Å². The van der Waals surface area contributed by atoms with Gasteiger partial charge in [-0.1, -0.05) is 80.5 Å². The Bertz CT molecular complexity index is 796. The van der Waals surface area contributed by atoms with Crippen LogP contribution < -0.4 is 0 Å². The molecule has 0 amide bonds. The summed E-state index contributed by atoms with van der Waals surface area (Å²) in [6.07, 6.45) is 16.1. The lowest BCUT2D eigenvalue weighted by molar-refractivity contribution is 0.0944. The van der Waals surface area contributed by atoms with E-state index < -0.39 is 0 Å². The van der Waals surface area contributed by atoms with Crippen molar-refractivity contribution in [3.8, 4) is 0 Å². The van der Waals surface area contributed by atoms with E-state index in [1.807, 2.05) is 13.8 Å². The van der Waals surface area contributed by atoms with Crippen molar-refractivity contribution in [3.05, 3.63) is 71.9 Å². The van der Waals surface area contributed by atoms with Crippen LogP contribution in [0.25, 0.3) is 0 Å². The molecule has 0 nitrogen and oxygen atoms in total. The lowest BCUT2D eigenvalue weighted by Gasteiger charge is -2.54. The van der Waals surface area contributed by atoms with Crippen LogP contribution in [0, 0.1) is 34.5 Å². The third kappa shape index (κ3) is 3.69. The van der Waals surface area contributed by atoms with Gasteiger partial charge in [-0.3, -0.25) is 0 Å². The first-order valence-electron chi connectivity index (χ1n) is 11.6. The Kier molecular flexibility index (Phi) is 6.06. The average Bonchev–Trinajstić information content (AvgIpc) is 3.00. The first kappa shape index (κ1) is 22.1. The fraction of sp³-hybridized carbons (Fsp3) is 0.586. The molecule has 4 aliphatic rings. The van der Waals surface area contributed by atoms with Gasteiger partial charge in [0.15, 0.2) is 0 Å². The highest BCUT2D eigenvalue weighted by atomic mass is 14.6. The molecule has 3 unspecified atom stereocenters. The smallest absolute Gasteiger partial charge is 0.0284 e. The molecule has 0 heterocycles. The zero-order valence-corrected chi connectivity index (χ0v) is 19.8. The summed E-state index contributed by atoms with van der Waals surface area (Å²) >= 11 is 0. The van der Waals surface area contributed by atoms with Crippen molar-refractivity contribution >= 4 is 0 Å². The Balaban J connectivity index is 0.000000552. The molecule has 0 bridgehead atoms. The number of fused-ring (bicyclic) bond motifs is 5. The van der Waals surface area contributed by atoms with Crippen molar-refractivity contribution in [3.63, 3.8) is 0 Å². The Hall–Kier alpha value is -1.56. The van der Waals surface area contributed by atoms with Gasteiger partial charge in [0.25, 0.3) is 0 Å². The van der Waals surface area contributed by atoms with Crippen LogP contribution in [-0.2, 0) is 0 Å². The minimum atomic E-state index is 0.130. The summed E-state index contributed by atoms with van der Waals surface area (Å²) in [7, 11) is 0. The number of hydrogen-bond acceptors (Lipinski definition) is 0. The molecule has 4 aliphatic carbocycles. The molecular formula is C29H42. The molecule has 0 aliphatic heterocycles. The highest BCUT2D eigenvalue weighted by Crippen LogP contribution is 2.65. The minimum absolute atomic E-state index is 0.130. The highest BCUT2D eigenvalue weighted by Gasteiger charge is 2.56. The van der Waals surface area contributed by atoms with Gasteiger partial charge in [-0.25, -0.2) is 0 Å². The number of rotatable bonds is 2. The number of allylic oxidation sites excluding steroid dienone is 9. The molecule has 2 fully saturated rings. The maximum absolute atomic E-state index is 4.45. The van der Waals surface area contributed by atoms with Crippen LogP contribution in [0.2, 0.25) is 0 Å². The van der Waals surface area contributed by atoms with E-state index in [1.54, 1.807) is 11.1 Å². The number of hydrogen-bond donors (Lipinski definition) is 0. The summed E-state index contributed by atoms with van der Waals surface area (Å²) in [5.74, 6) is 2.97. The monoisotopic (exact) mass is 390 g/mol. The molecule has 0 radical (unpaired) electrons. The third-order valence-corrected chi connectivity index (χ3v) is 8.31. The van der Waals surface area contributed by atoms with Crippen LogP contribution in [0.5, 0.6) is 0 Å². The molecule has 0 aromatic rings. The van der Waals surface area contributed by atoms with Crippen molar-refractivity contribution in [2.75, 3.05) is 0 Å². The Morgan fingerprint density at radius 2 is 1.79 bits per heavy atom. The molecule has 29 heavy (non-hydrogen) atoms. The molecule has 0 aromatic heterocycles. The third-order valence-electron chi connectivity index (χ3n) is 8.31. The van der Waals surface area contributed by atoms with Crippen molar-refractivity contribution in [1.82, 2.24) is 0 Å². The summed E-state index contributed by atoms with van der Waals surface area (Å²) in [6, 6.07) is 0. The maximum Gasteiger partial charge on any atom is 0.0284 e. The van der Waals surface area contributed by atoms with Gasteiger partial charge in [0.05, 0.1) is 0 Å². The van der Waals surface area contributed by atoms with Crippen LogP contribution in [0.15, 0.2) is 71.9 Å². The minimum Gasteiger partial charge on any atom is -0.100 e. The fourth-order valence-corrected chi connectivity index (χ4v) is 6.91. The van der Waals surface area contributed by atoms with E-state index >= 15 is 0 Å². The van der Waals surface area contributed by atoms with Crippen molar-refractivity contribution in [2.24, 2.45) is 34.5 Å². The predicted octanol–water partition coefficient (Wildman–Crippen LogP) is 8.61. The molecule has 2 saturated carbocycles. The lowest BCUT2D eigenvalue weighted by atomic mass is 9.50. The van der Waals surface area contributed by atoms with E-state index in [9.17, 15) is 0 Å². The zero-order valence-electron chi connectivity index (χ0n) is 19.8. The van der Waals surface area contributed by atoms with Crippen LogP contribution in [0.3, 0.4) is 0 Å². The van der Waals surface area contributed by atoms with E-state index in [0.29, 0.717) is 11.3 Å². The molecule has 0 N–H and O–H groups in total. The molecule has 0 spiro atoms. The van der Waals surface area contributed by atoms with E-state index in [0.717, 1.165) is 24.2 Å². The SMILES string of the molecule is C=C(C)C.C=C1C=C[C@]2(C)C3=CCC4(C)C(CC[C@@H]4C(=C)CC)C3C[C@H](C)C2=C1. The van der Waals surface area contributed by atoms with Crippen molar-refractivity contribution in [2.45, 2.75) is 73.6 Å². The van der Waals surface area contributed by atoms with Gasteiger partial charge in [0, 0.05) is 5.41 Å². The van der Waals surface area contributed by atoms with Gasteiger partial charge in [-0.2, -0.15) is 0 Å². The van der Waals surface area contributed by atoms with E-state index in [2.05, 4.69) is 71.7 Å². The van der Waals surface area contributed by atoms with Gasteiger partial charge >= 0.3 is 0 Å². The Morgan fingerprint density at radius 1 is 1.14 bits per heavy atom. The molecule has 0 heteroatoms. The topological polar surface area (TPSA) is 0 Å². The quantitative estimate of drug-likeness (QED) is 0.414. The second-order valence-corrected chi connectivity index (χ2v) is 10.8. The fourth-order valence-electron chi connectivity index (χ4n) is 6.91. The summed E-state index contributed by atoms with van der Waals surface area (Å²) in [4.78, 5) is 0. The lowest BCUT2D eigenvalue weighted by Crippen LogP contribution is -2.45. The van der Waals surface area contributed by atoms with Gasteiger partial charge in [0.1, 0.15) is 0 Å². The molecule has 0 saturated heterocycles. The van der Waals surface area contributed by atoms with Gasteiger partial charge in [0.2, 0.25) is 0 Å². The van der Waals surface area contributed by atoms with E-state index in [4.69, 9.17) is 0 Å². The largest absolute Gasteiger partial charge is 0.100 e. The summed E-state index contributed by atoms with van der Waals surface area (Å²) in [5.41, 5.74) is 7.70. The normalized spacial score (nSPS) is 39.9. The first-order valence-corrected chi connectivity index (χ1v) is 11.6. The van der Waals surface area contributed by atoms with Gasteiger partial charge < -0.3 is 0 Å². The van der Waals surface area contributed by atoms with Crippen LogP contribution >= 0.6 is 0 Å². The molecule has 158 valence electrons. The van der Waals surface area contributed by atoms with E-state index in [1.165, 1.54) is 42.4 Å². The summed E-state index contributed by atoms with van der Waals surface area (Å²) in [6.45, 7) is 25.9. The average molecular weight is 391 g/mol. The molecule has 0 aromatic carbocycles. The van der Waals surface area contributed by atoms with Crippen molar-refractivity contribution in [1.29, 1.82) is 0 Å². The van der Waals surface area contributed by atoms with Crippen LogP contribution in [-0.4, -0.2) is 0 Å². The maximum atomic E-state index is 4.45. The van der Waals surface area contributed by atoms with Crippen LogP contribution in [0.1, 0.15) is 73.6 Å². The molecular weight excluding hydrogens is 348 g/mol. The highest BCUT2D eigenvalue weighted by molar-refractivity contribution is 5.51. The standard InChI is InChI=1S/C25H34.C4H8/c1-7-17(3)20-8-9-21-19-15-18(4)23-14-16(2)10-12-25(23,6)22(19)11-13-24(20,21)5;1-4(2)3/h10-12,14,18-21H,2-3,7-9,13,15H2,1,4-6H3;1H2,2-3H3/t18-,19?,20+,21?,24?,25+;/m0./s1. The van der Waals surface area contributed by atoms with Crippen molar-refractivity contribution < 1.29 is 0 Å². The Morgan fingerprint density at radius 3 is 2.41 bits per heavy atom.